The lowest BCUT2D eigenvalue weighted by Gasteiger charge is -2.32. The number of β-amino-alcohol motifs (C(OH)–C–C–N with tert-alkyl or cyclic N) is 1. The lowest BCUT2D eigenvalue weighted by molar-refractivity contribution is -0.141. The molecule has 0 saturated carbocycles. The number of rotatable bonds is 2. The van der Waals surface area contributed by atoms with Crippen LogP contribution in [0.15, 0.2) is 12.3 Å². The lowest BCUT2D eigenvalue weighted by Crippen LogP contribution is -2.56. The fourth-order valence-corrected chi connectivity index (χ4v) is 1.78. The fourth-order valence-electron chi connectivity index (χ4n) is 1.78. The SMILES string of the molecule is O[C@@H]1[C@@H](Nc2nccc(C(F)(F)F)n2)CNC[C@@H]1O. The van der Waals surface area contributed by atoms with Crippen molar-refractivity contribution in [2.75, 3.05) is 18.4 Å². The Morgan fingerprint density at radius 1 is 1.32 bits per heavy atom. The number of hydrogen-bond acceptors (Lipinski definition) is 6. The Labute approximate surface area is 106 Å². The van der Waals surface area contributed by atoms with Crippen molar-refractivity contribution in [2.24, 2.45) is 0 Å². The van der Waals surface area contributed by atoms with Gasteiger partial charge >= 0.3 is 6.18 Å². The molecule has 19 heavy (non-hydrogen) atoms. The minimum absolute atomic E-state index is 0.225. The molecule has 0 radical (unpaired) electrons. The van der Waals surface area contributed by atoms with E-state index in [2.05, 4.69) is 20.6 Å². The molecule has 4 N–H and O–H groups in total. The average Bonchev–Trinajstić information content (AvgIpc) is 2.34. The molecule has 1 aromatic rings. The smallest absolute Gasteiger partial charge is 0.389 e. The third kappa shape index (κ3) is 3.31. The predicted molar refractivity (Wildman–Crippen MR) is 59.3 cm³/mol. The van der Waals surface area contributed by atoms with E-state index in [4.69, 9.17) is 0 Å². The van der Waals surface area contributed by atoms with E-state index in [0.29, 0.717) is 0 Å². The molecule has 2 heterocycles. The van der Waals surface area contributed by atoms with Crippen LogP contribution in [0.2, 0.25) is 0 Å². The number of nitrogens with zero attached hydrogens (tertiary/aromatic N) is 2. The highest BCUT2D eigenvalue weighted by Gasteiger charge is 2.34. The van der Waals surface area contributed by atoms with E-state index in [1.54, 1.807) is 0 Å². The minimum Gasteiger partial charge on any atom is -0.389 e. The Morgan fingerprint density at radius 3 is 2.74 bits per heavy atom. The van der Waals surface area contributed by atoms with Crippen molar-refractivity contribution in [1.29, 1.82) is 0 Å². The number of piperidine rings is 1. The van der Waals surface area contributed by atoms with Crippen LogP contribution in [0.5, 0.6) is 0 Å². The summed E-state index contributed by atoms with van der Waals surface area (Å²) in [5, 5.41) is 24.5. The molecule has 0 aliphatic carbocycles. The van der Waals surface area contributed by atoms with Crippen LogP contribution in [0, 0.1) is 0 Å². The number of nitrogens with one attached hydrogen (secondary N) is 2. The van der Waals surface area contributed by atoms with Crippen LogP contribution in [-0.2, 0) is 6.18 Å². The summed E-state index contributed by atoms with van der Waals surface area (Å²) in [7, 11) is 0. The second kappa shape index (κ2) is 5.27. The first kappa shape index (κ1) is 14.0. The van der Waals surface area contributed by atoms with Gasteiger partial charge in [0.25, 0.3) is 0 Å². The molecule has 2 rings (SSSR count). The molecular formula is C10H13F3N4O2. The summed E-state index contributed by atoms with van der Waals surface area (Å²) in [6.45, 7) is 0.515. The summed E-state index contributed by atoms with van der Waals surface area (Å²) in [5.41, 5.74) is -1.07. The maximum absolute atomic E-state index is 12.5. The second-order valence-electron chi connectivity index (χ2n) is 4.23. The van der Waals surface area contributed by atoms with Crippen molar-refractivity contribution in [3.8, 4) is 0 Å². The largest absolute Gasteiger partial charge is 0.433 e. The van der Waals surface area contributed by atoms with Crippen molar-refractivity contribution >= 4 is 5.95 Å². The van der Waals surface area contributed by atoms with Gasteiger partial charge in [0, 0.05) is 19.3 Å². The van der Waals surface area contributed by atoms with Crippen molar-refractivity contribution in [3.05, 3.63) is 18.0 Å². The molecule has 0 amide bonds. The van der Waals surface area contributed by atoms with E-state index in [-0.39, 0.29) is 19.0 Å². The Bertz CT molecular complexity index is 443. The van der Waals surface area contributed by atoms with Crippen molar-refractivity contribution < 1.29 is 23.4 Å². The summed E-state index contributed by atoms with van der Waals surface area (Å²) < 4.78 is 37.4. The molecule has 0 bridgehead atoms. The van der Waals surface area contributed by atoms with Gasteiger partial charge in [0.15, 0.2) is 0 Å². The summed E-state index contributed by atoms with van der Waals surface area (Å²) in [6, 6.07) is 0.0995. The Morgan fingerprint density at radius 2 is 2.05 bits per heavy atom. The molecule has 1 saturated heterocycles. The van der Waals surface area contributed by atoms with Gasteiger partial charge in [-0.25, -0.2) is 9.97 Å². The molecule has 0 spiro atoms. The molecular weight excluding hydrogens is 265 g/mol. The second-order valence-corrected chi connectivity index (χ2v) is 4.23. The Hall–Kier alpha value is -1.45. The quantitative estimate of drug-likeness (QED) is 0.588. The topological polar surface area (TPSA) is 90.3 Å². The molecule has 0 aromatic carbocycles. The van der Waals surface area contributed by atoms with E-state index in [0.717, 1.165) is 12.3 Å². The molecule has 3 atom stereocenters. The van der Waals surface area contributed by atoms with Crippen LogP contribution in [0.4, 0.5) is 19.1 Å². The van der Waals surface area contributed by atoms with E-state index in [9.17, 15) is 23.4 Å². The maximum Gasteiger partial charge on any atom is 0.433 e. The van der Waals surface area contributed by atoms with Gasteiger partial charge < -0.3 is 20.8 Å². The zero-order valence-electron chi connectivity index (χ0n) is 9.72. The third-order valence-corrected chi connectivity index (χ3v) is 2.78. The van der Waals surface area contributed by atoms with Crippen LogP contribution in [0.1, 0.15) is 5.69 Å². The predicted octanol–water partition coefficient (Wildman–Crippen LogP) is -0.399. The number of anilines is 1. The first-order valence-corrected chi connectivity index (χ1v) is 5.61. The summed E-state index contributed by atoms with van der Waals surface area (Å²) in [5.74, 6) is -0.241. The number of halogens is 3. The van der Waals surface area contributed by atoms with E-state index < -0.39 is 30.1 Å². The zero-order valence-corrected chi connectivity index (χ0v) is 9.72. The number of alkyl halides is 3. The molecule has 1 aliphatic heterocycles. The summed E-state index contributed by atoms with van der Waals surface area (Å²) in [4.78, 5) is 6.99. The third-order valence-electron chi connectivity index (χ3n) is 2.78. The molecule has 1 aliphatic rings. The zero-order chi connectivity index (χ0) is 14.0. The van der Waals surface area contributed by atoms with Crippen LogP contribution in [0.25, 0.3) is 0 Å². The van der Waals surface area contributed by atoms with Crippen LogP contribution >= 0.6 is 0 Å². The first-order chi connectivity index (χ1) is 8.88. The van der Waals surface area contributed by atoms with Gasteiger partial charge in [0.2, 0.25) is 5.95 Å². The van der Waals surface area contributed by atoms with Crippen molar-refractivity contribution in [2.45, 2.75) is 24.4 Å². The number of aromatic nitrogens is 2. The lowest BCUT2D eigenvalue weighted by atomic mass is 10.0. The maximum atomic E-state index is 12.5. The highest BCUT2D eigenvalue weighted by Crippen LogP contribution is 2.27. The van der Waals surface area contributed by atoms with Crippen molar-refractivity contribution in [1.82, 2.24) is 15.3 Å². The highest BCUT2D eigenvalue weighted by molar-refractivity contribution is 5.29. The van der Waals surface area contributed by atoms with Gasteiger partial charge in [-0.3, -0.25) is 0 Å². The number of aliphatic hydroxyl groups is 2. The molecule has 9 heteroatoms. The van der Waals surface area contributed by atoms with E-state index in [1.807, 2.05) is 0 Å². The average molecular weight is 278 g/mol. The standard InChI is InChI=1S/C10H13F3N4O2/c11-10(12,13)7-1-2-15-9(17-7)16-5-3-14-4-6(18)8(5)19/h1-2,5-6,8,14,18-19H,3-4H2,(H,15,16,17)/t5-,6-,8+/m0/s1. The van der Waals surface area contributed by atoms with Crippen LogP contribution in [-0.4, -0.2) is 51.5 Å². The summed E-state index contributed by atoms with van der Waals surface area (Å²) >= 11 is 0. The van der Waals surface area contributed by atoms with E-state index >= 15 is 0 Å². The van der Waals surface area contributed by atoms with Gasteiger partial charge in [0.1, 0.15) is 11.8 Å². The normalized spacial score (nSPS) is 28.2. The van der Waals surface area contributed by atoms with E-state index in [1.165, 1.54) is 0 Å². The minimum atomic E-state index is -4.55. The van der Waals surface area contributed by atoms with Gasteiger partial charge in [-0.2, -0.15) is 13.2 Å². The molecule has 6 nitrogen and oxygen atoms in total. The number of aliphatic hydroxyl groups excluding tert-OH is 2. The molecule has 106 valence electrons. The Balaban J connectivity index is 2.11. The van der Waals surface area contributed by atoms with Gasteiger partial charge in [-0.05, 0) is 6.07 Å². The van der Waals surface area contributed by atoms with Crippen molar-refractivity contribution in [3.63, 3.8) is 0 Å². The Kier molecular flexibility index (Phi) is 3.88. The van der Waals surface area contributed by atoms with Gasteiger partial charge in [-0.1, -0.05) is 0 Å². The molecule has 1 fully saturated rings. The molecule has 1 aromatic heterocycles. The summed E-state index contributed by atoms with van der Waals surface area (Å²) in [6.07, 6.45) is -5.66. The van der Waals surface area contributed by atoms with Crippen LogP contribution < -0.4 is 10.6 Å². The number of hydrogen-bond donors (Lipinski definition) is 4. The fraction of sp³-hybridized carbons (Fsp3) is 0.600. The highest BCUT2D eigenvalue weighted by atomic mass is 19.4. The van der Waals surface area contributed by atoms with Gasteiger partial charge in [-0.15, -0.1) is 0 Å². The van der Waals surface area contributed by atoms with Crippen LogP contribution in [0.3, 0.4) is 0 Å². The van der Waals surface area contributed by atoms with Gasteiger partial charge in [0.05, 0.1) is 12.1 Å². The molecule has 0 unspecified atom stereocenters. The first-order valence-electron chi connectivity index (χ1n) is 5.61. The monoisotopic (exact) mass is 278 g/mol.